The SMILES string of the molecule is CCCc1sc(N)c(C#N)c1C1CCCc2c(-c3ncc4c(C(N)=O)nn(CC5CCCN5C)c4n3)noc21. The predicted molar refractivity (Wildman–Crippen MR) is 147 cm³/mol. The summed E-state index contributed by atoms with van der Waals surface area (Å²) in [6, 6.07) is 2.63. The monoisotopic (exact) mass is 545 g/mol. The van der Waals surface area contributed by atoms with E-state index in [0.29, 0.717) is 45.7 Å². The minimum absolute atomic E-state index is 0.0895. The van der Waals surface area contributed by atoms with Crippen molar-refractivity contribution in [2.24, 2.45) is 5.73 Å². The van der Waals surface area contributed by atoms with Gasteiger partial charge in [-0.15, -0.1) is 11.3 Å². The molecule has 0 radical (unpaired) electrons. The number of hydrogen-bond donors (Lipinski definition) is 2. The van der Waals surface area contributed by atoms with E-state index in [1.807, 2.05) is 0 Å². The van der Waals surface area contributed by atoms with Gasteiger partial charge in [-0.3, -0.25) is 4.79 Å². The highest BCUT2D eigenvalue weighted by Crippen LogP contribution is 2.46. The zero-order valence-electron chi connectivity index (χ0n) is 22.1. The lowest BCUT2D eigenvalue weighted by Crippen LogP contribution is -2.30. The van der Waals surface area contributed by atoms with Gasteiger partial charge in [-0.1, -0.05) is 18.5 Å². The lowest BCUT2D eigenvalue weighted by Gasteiger charge is -2.21. The Morgan fingerprint density at radius 1 is 1.33 bits per heavy atom. The van der Waals surface area contributed by atoms with Crippen molar-refractivity contribution < 1.29 is 9.32 Å². The van der Waals surface area contributed by atoms with Crippen LogP contribution in [0.5, 0.6) is 0 Å². The van der Waals surface area contributed by atoms with Gasteiger partial charge in [0.15, 0.2) is 22.9 Å². The number of amides is 1. The number of aromatic nitrogens is 5. The first-order chi connectivity index (χ1) is 18.9. The standard InChI is InChI=1S/C27H31N9O2S/c1-3-6-19-20(17(11-28)25(30)39-19)15-8-4-9-16-22(34-38-23(15)16)26-31-12-18-21(24(29)37)33-36(27(18)32-26)13-14-7-5-10-35(14)2/h12,14-15H,3-10,13,30H2,1-2H3,(H2,29,37). The van der Waals surface area contributed by atoms with Crippen molar-refractivity contribution in [3.8, 4) is 17.6 Å². The molecule has 6 rings (SSSR count). The van der Waals surface area contributed by atoms with Crippen molar-refractivity contribution in [3.63, 3.8) is 0 Å². The zero-order chi connectivity index (χ0) is 27.3. The van der Waals surface area contributed by atoms with Gasteiger partial charge < -0.3 is 20.9 Å². The van der Waals surface area contributed by atoms with Crippen LogP contribution < -0.4 is 11.5 Å². The van der Waals surface area contributed by atoms with Gasteiger partial charge in [-0.2, -0.15) is 10.4 Å². The van der Waals surface area contributed by atoms with Crippen LogP contribution in [0.15, 0.2) is 10.7 Å². The second-order valence-electron chi connectivity index (χ2n) is 10.5. The first-order valence-corrected chi connectivity index (χ1v) is 14.3. The molecule has 4 aromatic rings. The van der Waals surface area contributed by atoms with Crippen molar-refractivity contribution in [1.29, 1.82) is 5.26 Å². The number of thiophene rings is 1. The molecule has 1 aliphatic carbocycles. The van der Waals surface area contributed by atoms with E-state index in [-0.39, 0.29) is 11.6 Å². The Bertz CT molecular complexity index is 1610. The number of aryl methyl sites for hydroxylation is 1. The average Bonchev–Trinajstić information content (AvgIpc) is 3.69. The molecule has 12 heteroatoms. The molecule has 1 saturated heterocycles. The van der Waals surface area contributed by atoms with Crippen LogP contribution in [0.25, 0.3) is 22.6 Å². The van der Waals surface area contributed by atoms with Crippen molar-refractivity contribution in [1.82, 2.24) is 29.8 Å². The quantitative estimate of drug-likeness (QED) is 0.353. The molecule has 39 heavy (non-hydrogen) atoms. The molecule has 0 bridgehead atoms. The van der Waals surface area contributed by atoms with Gasteiger partial charge in [0.2, 0.25) is 0 Å². The first-order valence-electron chi connectivity index (χ1n) is 13.4. The van der Waals surface area contributed by atoms with E-state index in [2.05, 4.69) is 40.2 Å². The summed E-state index contributed by atoms with van der Waals surface area (Å²) in [4.78, 5) is 25.0. The Kier molecular flexibility index (Phi) is 6.56. The summed E-state index contributed by atoms with van der Waals surface area (Å²) < 4.78 is 7.75. The van der Waals surface area contributed by atoms with Crippen LogP contribution in [0, 0.1) is 11.3 Å². The zero-order valence-corrected chi connectivity index (χ0v) is 22.9. The molecule has 5 heterocycles. The van der Waals surface area contributed by atoms with Crippen LogP contribution >= 0.6 is 11.3 Å². The Hall–Kier alpha value is -3.82. The van der Waals surface area contributed by atoms with Crippen LogP contribution in [0.4, 0.5) is 5.00 Å². The Morgan fingerprint density at radius 3 is 2.90 bits per heavy atom. The minimum Gasteiger partial charge on any atom is -0.389 e. The number of rotatable bonds is 7. The first kappa shape index (κ1) is 25.5. The summed E-state index contributed by atoms with van der Waals surface area (Å²) in [5, 5.41) is 19.9. The highest BCUT2D eigenvalue weighted by atomic mass is 32.1. The van der Waals surface area contributed by atoms with Gasteiger partial charge in [0, 0.05) is 28.6 Å². The largest absolute Gasteiger partial charge is 0.389 e. The topological polar surface area (TPSA) is 166 Å². The van der Waals surface area contributed by atoms with E-state index in [4.69, 9.17) is 21.0 Å². The molecular weight excluding hydrogens is 514 g/mol. The molecule has 0 saturated carbocycles. The number of likely N-dealkylation sites (tertiary alicyclic amines) is 1. The number of primary amides is 1. The number of nitrogens with zero attached hydrogens (tertiary/aromatic N) is 7. The Labute approximate surface area is 229 Å². The number of fused-ring (bicyclic) bond motifs is 2. The van der Waals surface area contributed by atoms with Crippen molar-refractivity contribution in [2.75, 3.05) is 19.3 Å². The van der Waals surface area contributed by atoms with E-state index in [1.54, 1.807) is 10.9 Å². The van der Waals surface area contributed by atoms with Crippen LogP contribution in [-0.2, 0) is 19.4 Å². The third kappa shape index (κ3) is 4.26. The molecule has 4 N–H and O–H groups in total. The third-order valence-electron chi connectivity index (χ3n) is 8.03. The lowest BCUT2D eigenvalue weighted by molar-refractivity contribution is 0.0996. The Morgan fingerprint density at radius 2 is 2.18 bits per heavy atom. The molecule has 2 unspecified atom stereocenters. The van der Waals surface area contributed by atoms with Crippen molar-refractivity contribution in [3.05, 3.63) is 39.2 Å². The average molecular weight is 546 g/mol. The van der Waals surface area contributed by atoms with Crippen LogP contribution in [0.1, 0.15) is 82.8 Å². The van der Waals surface area contributed by atoms with E-state index >= 15 is 0 Å². The number of anilines is 1. The van der Waals surface area contributed by atoms with Crippen LogP contribution in [0.2, 0.25) is 0 Å². The fraction of sp³-hybridized carbons (Fsp3) is 0.481. The van der Waals surface area contributed by atoms with Crippen molar-refractivity contribution >= 4 is 33.3 Å². The molecule has 0 spiro atoms. The minimum atomic E-state index is -0.609. The van der Waals surface area contributed by atoms with Gasteiger partial charge in [0.05, 0.1) is 17.5 Å². The summed E-state index contributed by atoms with van der Waals surface area (Å²) >= 11 is 1.50. The maximum Gasteiger partial charge on any atom is 0.269 e. The third-order valence-corrected chi connectivity index (χ3v) is 9.13. The van der Waals surface area contributed by atoms with Gasteiger partial charge in [-0.05, 0) is 57.7 Å². The number of carbonyl (C=O) groups is 1. The van der Waals surface area contributed by atoms with Gasteiger partial charge in [0.1, 0.15) is 16.8 Å². The molecular formula is C27H31N9O2S. The molecule has 1 amide bonds. The van der Waals surface area contributed by atoms with Gasteiger partial charge >= 0.3 is 0 Å². The van der Waals surface area contributed by atoms with E-state index in [9.17, 15) is 10.1 Å². The summed E-state index contributed by atoms with van der Waals surface area (Å²) in [6.07, 6.45) is 8.15. The number of carbonyl (C=O) groups excluding carboxylic acids is 1. The maximum absolute atomic E-state index is 12.2. The number of nitriles is 1. The van der Waals surface area contributed by atoms with Crippen molar-refractivity contribution in [2.45, 2.75) is 70.4 Å². The Balaban J connectivity index is 1.43. The fourth-order valence-corrected chi connectivity index (χ4v) is 7.29. The molecule has 1 fully saturated rings. The van der Waals surface area contributed by atoms with E-state index in [1.165, 1.54) is 11.3 Å². The number of likely N-dealkylation sites (N-methyl/N-ethyl adjacent to an activating group) is 1. The van der Waals surface area contributed by atoms with E-state index < -0.39 is 5.91 Å². The highest BCUT2D eigenvalue weighted by Gasteiger charge is 2.35. The fourth-order valence-electron chi connectivity index (χ4n) is 6.10. The molecule has 4 aromatic heterocycles. The maximum atomic E-state index is 12.2. The summed E-state index contributed by atoms with van der Waals surface area (Å²) in [7, 11) is 2.10. The molecule has 202 valence electrons. The smallest absolute Gasteiger partial charge is 0.269 e. The molecule has 11 nitrogen and oxygen atoms in total. The second-order valence-corrected chi connectivity index (χ2v) is 11.6. The number of nitrogens with two attached hydrogens (primary N) is 2. The molecule has 0 aromatic carbocycles. The summed E-state index contributed by atoms with van der Waals surface area (Å²) in [6.45, 7) is 3.76. The van der Waals surface area contributed by atoms with Crippen LogP contribution in [-0.4, -0.2) is 55.3 Å². The van der Waals surface area contributed by atoms with Gasteiger partial charge in [-0.25, -0.2) is 14.6 Å². The molecule has 2 atom stereocenters. The van der Waals surface area contributed by atoms with Gasteiger partial charge in [0.25, 0.3) is 5.91 Å². The highest BCUT2D eigenvalue weighted by molar-refractivity contribution is 7.16. The number of nitrogen functional groups attached to an aromatic ring is 1. The normalized spacial score (nSPS) is 19.4. The summed E-state index contributed by atoms with van der Waals surface area (Å²) in [5.41, 5.74) is 15.7. The predicted octanol–water partition coefficient (Wildman–Crippen LogP) is 3.61. The molecule has 2 aliphatic rings. The lowest BCUT2D eigenvalue weighted by atomic mass is 9.81. The van der Waals surface area contributed by atoms with Crippen LogP contribution in [0.3, 0.4) is 0 Å². The van der Waals surface area contributed by atoms with E-state index in [0.717, 1.165) is 73.3 Å². The summed E-state index contributed by atoms with van der Waals surface area (Å²) in [5.74, 6) is 0.478. The number of hydrogen-bond acceptors (Lipinski definition) is 10. The molecule has 1 aliphatic heterocycles. The second kappa shape index (κ2) is 10.1.